The summed E-state index contributed by atoms with van der Waals surface area (Å²) in [6.07, 6.45) is 7.66. The Balaban J connectivity index is 3.30. The molecule has 0 amide bonds. The number of rotatable bonds is 10. The fourth-order valence-corrected chi connectivity index (χ4v) is 1.83. The van der Waals surface area contributed by atoms with Crippen LogP contribution in [0.4, 0.5) is 0 Å². The van der Waals surface area contributed by atoms with Crippen LogP contribution in [0.25, 0.3) is 0 Å². The monoisotopic (exact) mass is 215 g/mol. The van der Waals surface area contributed by atoms with Crippen molar-refractivity contribution >= 4 is 0 Å². The summed E-state index contributed by atoms with van der Waals surface area (Å²) in [7, 11) is 0. The molecule has 0 aromatic heterocycles. The topological polar surface area (TPSA) is 32.3 Å². The molecule has 1 atom stereocenters. The zero-order valence-corrected chi connectivity index (χ0v) is 10.8. The first-order valence-electron chi connectivity index (χ1n) is 6.55. The van der Waals surface area contributed by atoms with Crippen LogP contribution < -0.4 is 5.32 Å². The van der Waals surface area contributed by atoms with Gasteiger partial charge in [-0.1, -0.05) is 46.5 Å². The molecule has 0 heterocycles. The summed E-state index contributed by atoms with van der Waals surface area (Å²) in [5.41, 5.74) is 0. The average Bonchev–Trinajstić information content (AvgIpc) is 2.20. The maximum Gasteiger partial charge on any atom is 0.0584 e. The van der Waals surface area contributed by atoms with E-state index in [4.69, 9.17) is 5.11 Å². The molecule has 0 fully saturated rings. The first-order valence-corrected chi connectivity index (χ1v) is 6.55. The Morgan fingerprint density at radius 2 is 1.73 bits per heavy atom. The zero-order chi connectivity index (χ0) is 11.5. The lowest BCUT2D eigenvalue weighted by Gasteiger charge is -2.18. The first kappa shape index (κ1) is 14.9. The van der Waals surface area contributed by atoms with E-state index in [1.54, 1.807) is 0 Å². The minimum Gasteiger partial charge on any atom is -0.395 e. The fraction of sp³-hybridized carbons (Fsp3) is 1.00. The van der Waals surface area contributed by atoms with Crippen LogP contribution in [0.1, 0.15) is 59.3 Å². The summed E-state index contributed by atoms with van der Waals surface area (Å²) in [5.74, 6) is 0.662. The van der Waals surface area contributed by atoms with Crippen molar-refractivity contribution in [1.29, 1.82) is 0 Å². The third-order valence-electron chi connectivity index (χ3n) is 2.69. The molecule has 92 valence electrons. The number of unbranched alkanes of at least 4 members (excludes halogenated alkanes) is 4. The van der Waals surface area contributed by atoms with E-state index in [-0.39, 0.29) is 6.61 Å². The van der Waals surface area contributed by atoms with Gasteiger partial charge in [0, 0.05) is 6.04 Å². The molecule has 0 bridgehead atoms. The van der Waals surface area contributed by atoms with E-state index < -0.39 is 0 Å². The highest BCUT2D eigenvalue weighted by atomic mass is 16.3. The van der Waals surface area contributed by atoms with Crippen LogP contribution in [0.3, 0.4) is 0 Å². The van der Waals surface area contributed by atoms with Crippen LogP contribution in [0.5, 0.6) is 0 Å². The van der Waals surface area contributed by atoms with Crippen molar-refractivity contribution in [2.75, 3.05) is 13.2 Å². The van der Waals surface area contributed by atoms with Crippen LogP contribution in [-0.2, 0) is 0 Å². The van der Waals surface area contributed by atoms with Crippen molar-refractivity contribution in [3.63, 3.8) is 0 Å². The predicted octanol–water partition coefficient (Wildman–Crippen LogP) is 2.95. The minimum atomic E-state index is 0.271. The average molecular weight is 215 g/mol. The Labute approximate surface area is 95.5 Å². The lowest BCUT2D eigenvalue weighted by atomic mass is 10.0. The molecule has 0 aliphatic carbocycles. The normalized spacial score (nSPS) is 13.4. The van der Waals surface area contributed by atoms with Crippen molar-refractivity contribution in [3.05, 3.63) is 0 Å². The Morgan fingerprint density at radius 1 is 1.07 bits per heavy atom. The Kier molecular flexibility index (Phi) is 10.4. The molecular weight excluding hydrogens is 186 g/mol. The number of nitrogens with one attached hydrogen (secondary N) is 1. The summed E-state index contributed by atoms with van der Waals surface area (Å²) in [5, 5.41) is 12.6. The van der Waals surface area contributed by atoms with Crippen LogP contribution >= 0.6 is 0 Å². The maximum atomic E-state index is 9.15. The van der Waals surface area contributed by atoms with Crippen molar-refractivity contribution in [2.24, 2.45) is 5.92 Å². The molecule has 0 aliphatic heterocycles. The SMILES string of the molecule is CCCCCCCNC(CO)CC(C)C. The second-order valence-electron chi connectivity index (χ2n) is 4.88. The molecule has 0 spiro atoms. The van der Waals surface area contributed by atoms with E-state index >= 15 is 0 Å². The van der Waals surface area contributed by atoms with Gasteiger partial charge in [0.1, 0.15) is 0 Å². The molecule has 2 N–H and O–H groups in total. The lowest BCUT2D eigenvalue weighted by molar-refractivity contribution is 0.224. The molecule has 2 heteroatoms. The molecule has 1 unspecified atom stereocenters. The number of aliphatic hydroxyl groups excluding tert-OH is 1. The van der Waals surface area contributed by atoms with Crippen molar-refractivity contribution in [1.82, 2.24) is 5.32 Å². The molecule has 0 aliphatic rings. The minimum absolute atomic E-state index is 0.271. The van der Waals surface area contributed by atoms with Crippen molar-refractivity contribution < 1.29 is 5.11 Å². The van der Waals surface area contributed by atoms with Gasteiger partial charge >= 0.3 is 0 Å². The van der Waals surface area contributed by atoms with E-state index in [1.807, 2.05) is 0 Å². The van der Waals surface area contributed by atoms with Crippen LogP contribution in [0.15, 0.2) is 0 Å². The molecule has 0 radical (unpaired) electrons. The molecule has 0 saturated carbocycles. The van der Waals surface area contributed by atoms with Gasteiger partial charge < -0.3 is 10.4 Å². The summed E-state index contributed by atoms with van der Waals surface area (Å²) in [4.78, 5) is 0. The first-order chi connectivity index (χ1) is 7.20. The fourth-order valence-electron chi connectivity index (χ4n) is 1.83. The Morgan fingerprint density at radius 3 is 2.27 bits per heavy atom. The lowest BCUT2D eigenvalue weighted by Crippen LogP contribution is -2.34. The standard InChI is InChI=1S/C13H29NO/c1-4-5-6-7-8-9-14-13(11-15)10-12(2)3/h12-15H,4-11H2,1-3H3. The van der Waals surface area contributed by atoms with E-state index in [2.05, 4.69) is 26.1 Å². The van der Waals surface area contributed by atoms with Crippen LogP contribution in [0, 0.1) is 5.92 Å². The Hall–Kier alpha value is -0.0800. The highest BCUT2D eigenvalue weighted by Gasteiger charge is 2.07. The third kappa shape index (κ3) is 10.2. The predicted molar refractivity (Wildman–Crippen MR) is 67.1 cm³/mol. The molecule has 0 saturated heterocycles. The number of aliphatic hydroxyl groups is 1. The smallest absolute Gasteiger partial charge is 0.0584 e. The summed E-state index contributed by atoms with van der Waals surface area (Å²) in [6.45, 7) is 7.97. The van der Waals surface area contributed by atoms with Gasteiger partial charge in [-0.05, 0) is 25.3 Å². The van der Waals surface area contributed by atoms with Gasteiger partial charge in [-0.2, -0.15) is 0 Å². The van der Waals surface area contributed by atoms with Gasteiger partial charge in [-0.3, -0.25) is 0 Å². The number of hydrogen-bond acceptors (Lipinski definition) is 2. The van der Waals surface area contributed by atoms with Gasteiger partial charge in [-0.25, -0.2) is 0 Å². The molecule has 15 heavy (non-hydrogen) atoms. The quantitative estimate of drug-likeness (QED) is 0.549. The summed E-state index contributed by atoms with van der Waals surface area (Å²) in [6, 6.07) is 0.302. The van der Waals surface area contributed by atoms with Crippen molar-refractivity contribution in [3.8, 4) is 0 Å². The van der Waals surface area contributed by atoms with Gasteiger partial charge in [-0.15, -0.1) is 0 Å². The molecule has 2 nitrogen and oxygen atoms in total. The van der Waals surface area contributed by atoms with E-state index in [1.165, 1.54) is 32.1 Å². The summed E-state index contributed by atoms with van der Waals surface area (Å²) < 4.78 is 0. The molecular formula is C13H29NO. The third-order valence-corrected chi connectivity index (χ3v) is 2.69. The molecule has 0 rings (SSSR count). The largest absolute Gasteiger partial charge is 0.395 e. The van der Waals surface area contributed by atoms with E-state index in [9.17, 15) is 0 Å². The maximum absolute atomic E-state index is 9.15. The molecule has 0 aromatic rings. The summed E-state index contributed by atoms with van der Waals surface area (Å²) >= 11 is 0. The Bertz CT molecular complexity index is 126. The zero-order valence-electron chi connectivity index (χ0n) is 10.8. The van der Waals surface area contributed by atoms with Gasteiger partial charge in [0.25, 0.3) is 0 Å². The second kappa shape index (κ2) is 10.4. The number of hydrogen-bond donors (Lipinski definition) is 2. The highest BCUT2D eigenvalue weighted by molar-refractivity contribution is 4.67. The van der Waals surface area contributed by atoms with Crippen LogP contribution in [-0.4, -0.2) is 24.3 Å². The highest BCUT2D eigenvalue weighted by Crippen LogP contribution is 2.05. The second-order valence-corrected chi connectivity index (χ2v) is 4.88. The van der Waals surface area contributed by atoms with Gasteiger partial charge in [0.15, 0.2) is 0 Å². The van der Waals surface area contributed by atoms with Crippen LogP contribution in [0.2, 0.25) is 0 Å². The molecule has 0 aromatic carbocycles. The van der Waals surface area contributed by atoms with Crippen molar-refractivity contribution in [2.45, 2.75) is 65.3 Å². The van der Waals surface area contributed by atoms with Gasteiger partial charge in [0.05, 0.1) is 6.61 Å². The van der Waals surface area contributed by atoms with Gasteiger partial charge in [0.2, 0.25) is 0 Å². The van der Waals surface area contributed by atoms with E-state index in [0.717, 1.165) is 13.0 Å². The van der Waals surface area contributed by atoms with E-state index in [0.29, 0.717) is 12.0 Å².